The summed E-state index contributed by atoms with van der Waals surface area (Å²) in [5.41, 5.74) is 4.57. The maximum atomic E-state index is 13.1. The van der Waals surface area contributed by atoms with E-state index in [1.807, 2.05) is 6.07 Å². The number of rotatable bonds is 4. The maximum Gasteiger partial charge on any atom is 0.304 e. The average molecular weight is 298 g/mol. The zero-order valence-electron chi connectivity index (χ0n) is 12.4. The summed E-state index contributed by atoms with van der Waals surface area (Å²) < 4.78 is 13.1. The monoisotopic (exact) mass is 298 g/mol. The number of fused-ring (bicyclic) bond motifs is 1. The van der Waals surface area contributed by atoms with Crippen LogP contribution in [0.5, 0.6) is 0 Å². The van der Waals surface area contributed by atoms with Gasteiger partial charge in [0.2, 0.25) is 0 Å². The fraction of sp³-hybridized carbons (Fsp3) is 0.316. The molecule has 1 atom stereocenters. The van der Waals surface area contributed by atoms with Crippen molar-refractivity contribution < 1.29 is 14.3 Å². The summed E-state index contributed by atoms with van der Waals surface area (Å²) in [6.07, 6.45) is 4.60. The van der Waals surface area contributed by atoms with Gasteiger partial charge in [-0.15, -0.1) is 0 Å². The van der Waals surface area contributed by atoms with Gasteiger partial charge in [-0.25, -0.2) is 4.39 Å². The molecule has 22 heavy (non-hydrogen) atoms. The van der Waals surface area contributed by atoms with E-state index in [4.69, 9.17) is 0 Å². The third-order valence-electron chi connectivity index (χ3n) is 4.43. The molecule has 1 aliphatic carbocycles. The number of aliphatic carboxylic acids is 1. The van der Waals surface area contributed by atoms with Crippen molar-refractivity contribution in [2.45, 2.75) is 38.0 Å². The van der Waals surface area contributed by atoms with Gasteiger partial charge in [0, 0.05) is 5.92 Å². The smallest absolute Gasteiger partial charge is 0.304 e. The van der Waals surface area contributed by atoms with E-state index in [0.29, 0.717) is 0 Å². The van der Waals surface area contributed by atoms with Crippen molar-refractivity contribution in [2.75, 3.05) is 0 Å². The zero-order valence-corrected chi connectivity index (χ0v) is 12.4. The Labute approximate surface area is 129 Å². The molecule has 1 aliphatic rings. The molecule has 0 bridgehead atoms. The lowest BCUT2D eigenvalue weighted by Gasteiger charge is -2.21. The topological polar surface area (TPSA) is 37.3 Å². The predicted octanol–water partition coefficient (Wildman–Crippen LogP) is 4.31. The van der Waals surface area contributed by atoms with Crippen molar-refractivity contribution in [3.8, 4) is 0 Å². The van der Waals surface area contributed by atoms with Crippen LogP contribution in [0.15, 0.2) is 42.5 Å². The summed E-state index contributed by atoms with van der Waals surface area (Å²) in [6, 6.07) is 12.4. The first kappa shape index (κ1) is 14.8. The number of hydrogen-bond donors (Lipinski definition) is 1. The van der Waals surface area contributed by atoms with Crippen molar-refractivity contribution in [3.05, 3.63) is 70.5 Å². The van der Waals surface area contributed by atoms with Gasteiger partial charge in [-0.05, 0) is 60.1 Å². The number of carboxylic acid groups (broad SMARTS) is 1. The lowest BCUT2D eigenvalue weighted by molar-refractivity contribution is -0.137. The molecule has 0 aromatic heterocycles. The Kier molecular flexibility index (Phi) is 4.23. The summed E-state index contributed by atoms with van der Waals surface area (Å²) in [5.74, 6) is -1.37. The van der Waals surface area contributed by atoms with Gasteiger partial charge in [-0.3, -0.25) is 4.79 Å². The van der Waals surface area contributed by atoms with Gasteiger partial charge >= 0.3 is 5.97 Å². The van der Waals surface area contributed by atoms with Crippen LogP contribution in [0.4, 0.5) is 4.39 Å². The first-order valence-electron chi connectivity index (χ1n) is 7.72. The van der Waals surface area contributed by atoms with Crippen LogP contribution in [-0.4, -0.2) is 11.1 Å². The van der Waals surface area contributed by atoms with E-state index in [9.17, 15) is 14.3 Å². The number of carboxylic acids is 1. The highest BCUT2D eigenvalue weighted by atomic mass is 19.1. The minimum Gasteiger partial charge on any atom is -0.481 e. The van der Waals surface area contributed by atoms with Gasteiger partial charge < -0.3 is 5.11 Å². The van der Waals surface area contributed by atoms with E-state index in [-0.39, 0.29) is 18.2 Å². The summed E-state index contributed by atoms with van der Waals surface area (Å²) in [7, 11) is 0. The molecular weight excluding hydrogens is 279 g/mol. The van der Waals surface area contributed by atoms with E-state index in [1.165, 1.54) is 36.1 Å². The highest BCUT2D eigenvalue weighted by Gasteiger charge is 2.20. The number of hydrogen-bond acceptors (Lipinski definition) is 1. The Hall–Kier alpha value is -2.16. The van der Waals surface area contributed by atoms with Crippen LogP contribution < -0.4 is 0 Å². The second-order valence-electron chi connectivity index (χ2n) is 5.94. The average Bonchev–Trinajstić information content (AvgIpc) is 2.53. The van der Waals surface area contributed by atoms with Crippen LogP contribution in [0.1, 0.15) is 47.4 Å². The molecule has 2 aromatic carbocycles. The van der Waals surface area contributed by atoms with Crippen LogP contribution in [0.3, 0.4) is 0 Å². The highest BCUT2D eigenvalue weighted by Crippen LogP contribution is 2.31. The molecule has 2 aromatic rings. The first-order chi connectivity index (χ1) is 10.6. The van der Waals surface area contributed by atoms with Crippen molar-refractivity contribution in [1.82, 2.24) is 0 Å². The Morgan fingerprint density at radius 1 is 1.00 bits per heavy atom. The first-order valence-corrected chi connectivity index (χ1v) is 7.72. The molecule has 0 heterocycles. The van der Waals surface area contributed by atoms with Crippen LogP contribution in [0.2, 0.25) is 0 Å². The molecule has 1 unspecified atom stereocenters. The van der Waals surface area contributed by atoms with Gasteiger partial charge in [0.25, 0.3) is 0 Å². The lowest BCUT2D eigenvalue weighted by Crippen LogP contribution is -2.10. The second-order valence-corrected chi connectivity index (χ2v) is 5.94. The Balaban J connectivity index is 1.98. The molecule has 0 fully saturated rings. The highest BCUT2D eigenvalue weighted by molar-refractivity contribution is 5.69. The molecular formula is C19H19FO2. The minimum atomic E-state index is -0.841. The molecule has 0 spiro atoms. The normalized spacial score (nSPS) is 15.1. The van der Waals surface area contributed by atoms with E-state index in [2.05, 4.69) is 12.1 Å². The van der Waals surface area contributed by atoms with Gasteiger partial charge in [0.05, 0.1) is 6.42 Å². The SMILES string of the molecule is O=C(O)CC(c1ccc(F)cc1)c1ccc2c(c1)CCCC2. The molecule has 0 saturated carbocycles. The van der Waals surface area contributed by atoms with Crippen LogP contribution in [-0.2, 0) is 17.6 Å². The zero-order chi connectivity index (χ0) is 15.5. The van der Waals surface area contributed by atoms with E-state index in [1.54, 1.807) is 12.1 Å². The summed E-state index contributed by atoms with van der Waals surface area (Å²) in [5, 5.41) is 9.23. The van der Waals surface area contributed by atoms with E-state index >= 15 is 0 Å². The van der Waals surface area contributed by atoms with Crippen LogP contribution >= 0.6 is 0 Å². The molecule has 3 heteroatoms. The Bertz CT molecular complexity index is 676. The Morgan fingerprint density at radius 2 is 1.64 bits per heavy atom. The molecule has 3 rings (SSSR count). The Morgan fingerprint density at radius 3 is 2.32 bits per heavy atom. The van der Waals surface area contributed by atoms with Crippen molar-refractivity contribution in [2.24, 2.45) is 0 Å². The maximum absolute atomic E-state index is 13.1. The van der Waals surface area contributed by atoms with Gasteiger partial charge in [0.15, 0.2) is 0 Å². The van der Waals surface area contributed by atoms with E-state index in [0.717, 1.165) is 24.0 Å². The largest absolute Gasteiger partial charge is 0.481 e. The molecule has 0 radical (unpaired) electrons. The number of benzene rings is 2. The standard InChI is InChI=1S/C19H19FO2/c20-17-9-7-14(8-10-17)18(12-19(21)22)16-6-5-13-3-1-2-4-15(13)11-16/h5-11,18H,1-4,12H2,(H,21,22). The lowest BCUT2D eigenvalue weighted by atomic mass is 9.84. The van der Waals surface area contributed by atoms with Crippen molar-refractivity contribution in [1.29, 1.82) is 0 Å². The third kappa shape index (κ3) is 3.19. The number of aryl methyl sites for hydroxylation is 2. The molecule has 0 saturated heterocycles. The molecule has 114 valence electrons. The molecule has 0 aliphatic heterocycles. The number of halogens is 1. The van der Waals surface area contributed by atoms with Gasteiger partial charge in [0.1, 0.15) is 5.82 Å². The van der Waals surface area contributed by atoms with Crippen molar-refractivity contribution >= 4 is 5.97 Å². The molecule has 2 nitrogen and oxygen atoms in total. The third-order valence-corrected chi connectivity index (χ3v) is 4.43. The number of carbonyl (C=O) groups is 1. The summed E-state index contributed by atoms with van der Waals surface area (Å²) in [4.78, 5) is 11.2. The molecule has 0 amide bonds. The van der Waals surface area contributed by atoms with E-state index < -0.39 is 5.97 Å². The van der Waals surface area contributed by atoms with Crippen LogP contribution in [0.25, 0.3) is 0 Å². The van der Waals surface area contributed by atoms with Crippen molar-refractivity contribution in [3.63, 3.8) is 0 Å². The summed E-state index contributed by atoms with van der Waals surface area (Å²) in [6.45, 7) is 0. The summed E-state index contributed by atoms with van der Waals surface area (Å²) >= 11 is 0. The van der Waals surface area contributed by atoms with Gasteiger partial charge in [-0.2, -0.15) is 0 Å². The fourth-order valence-electron chi connectivity index (χ4n) is 3.27. The quantitative estimate of drug-likeness (QED) is 0.913. The second kappa shape index (κ2) is 6.30. The minimum absolute atomic E-state index is 0.0183. The fourth-order valence-corrected chi connectivity index (χ4v) is 3.27. The van der Waals surface area contributed by atoms with Crippen LogP contribution in [0, 0.1) is 5.82 Å². The predicted molar refractivity (Wildman–Crippen MR) is 83.6 cm³/mol. The molecule has 1 N–H and O–H groups in total. The van der Waals surface area contributed by atoms with Gasteiger partial charge in [-0.1, -0.05) is 30.3 Å².